The fourth-order valence-electron chi connectivity index (χ4n) is 0.868. The monoisotopic (exact) mass is 216 g/mol. The number of carboxylic acids is 1. The minimum Gasteiger partial charge on any atom is -0.480 e. The van der Waals surface area contributed by atoms with Gasteiger partial charge in [0.05, 0.1) is 0 Å². The number of hydrogen-bond donors (Lipinski definition) is 1. The molecule has 1 N–H and O–H groups in total. The fourth-order valence-corrected chi connectivity index (χ4v) is 1.16. The van der Waals surface area contributed by atoms with E-state index < -0.39 is 10.3 Å². The minimum atomic E-state index is -0.869. The number of halogens is 1. The summed E-state index contributed by atoms with van der Waals surface area (Å²) in [7, 11) is 0. The van der Waals surface area contributed by atoms with Gasteiger partial charge >= 0.3 is 5.97 Å². The summed E-state index contributed by atoms with van der Waals surface area (Å²) in [6, 6.07) is 0. The highest BCUT2D eigenvalue weighted by atomic mass is 79.9. The summed E-state index contributed by atoms with van der Waals surface area (Å²) in [5.41, 5.74) is 1.11. The molecule has 1 aliphatic carbocycles. The van der Waals surface area contributed by atoms with Crippen molar-refractivity contribution in [3.05, 3.63) is 23.8 Å². The standard InChI is InChI=1S/C8H9BrO2/c1-6-2-4-8(9,5-3-6)7(10)11/h2-4H,5H2,1H3,(H,10,11). The fraction of sp³-hybridized carbons (Fsp3) is 0.375. The molecule has 0 aromatic heterocycles. The maximum atomic E-state index is 10.7. The molecular formula is C8H9BrO2. The van der Waals surface area contributed by atoms with Gasteiger partial charge in [0.25, 0.3) is 0 Å². The predicted molar refractivity (Wildman–Crippen MR) is 46.8 cm³/mol. The highest BCUT2D eigenvalue weighted by molar-refractivity contribution is 9.10. The molecule has 60 valence electrons. The zero-order valence-electron chi connectivity index (χ0n) is 6.17. The zero-order valence-corrected chi connectivity index (χ0v) is 7.76. The number of allylic oxidation sites excluding steroid dienone is 3. The van der Waals surface area contributed by atoms with Gasteiger partial charge in [-0.2, -0.15) is 0 Å². The molecular weight excluding hydrogens is 208 g/mol. The van der Waals surface area contributed by atoms with Crippen LogP contribution in [-0.4, -0.2) is 15.4 Å². The average molecular weight is 217 g/mol. The van der Waals surface area contributed by atoms with Crippen molar-refractivity contribution in [1.29, 1.82) is 0 Å². The summed E-state index contributed by atoms with van der Waals surface area (Å²) in [6.45, 7) is 1.95. The lowest BCUT2D eigenvalue weighted by Gasteiger charge is -2.19. The van der Waals surface area contributed by atoms with E-state index in [-0.39, 0.29) is 0 Å². The van der Waals surface area contributed by atoms with Gasteiger partial charge in [0, 0.05) is 0 Å². The molecule has 3 heteroatoms. The van der Waals surface area contributed by atoms with Gasteiger partial charge in [-0.15, -0.1) is 0 Å². The molecule has 1 atom stereocenters. The smallest absolute Gasteiger partial charge is 0.324 e. The lowest BCUT2D eigenvalue weighted by atomic mass is 9.97. The van der Waals surface area contributed by atoms with E-state index in [1.807, 2.05) is 19.1 Å². The van der Waals surface area contributed by atoms with Crippen molar-refractivity contribution in [1.82, 2.24) is 0 Å². The normalized spacial score (nSPS) is 29.8. The van der Waals surface area contributed by atoms with Crippen LogP contribution in [0.4, 0.5) is 0 Å². The Morgan fingerprint density at radius 2 is 2.45 bits per heavy atom. The van der Waals surface area contributed by atoms with Crippen LogP contribution in [0, 0.1) is 0 Å². The van der Waals surface area contributed by atoms with Crippen molar-refractivity contribution in [2.45, 2.75) is 17.7 Å². The number of carbonyl (C=O) groups is 1. The first-order valence-electron chi connectivity index (χ1n) is 3.33. The van der Waals surface area contributed by atoms with E-state index in [9.17, 15) is 4.79 Å². The van der Waals surface area contributed by atoms with Crippen LogP contribution in [0.2, 0.25) is 0 Å². The Morgan fingerprint density at radius 3 is 2.82 bits per heavy atom. The second kappa shape index (κ2) is 2.81. The highest BCUT2D eigenvalue weighted by Gasteiger charge is 2.32. The molecule has 0 saturated heterocycles. The summed E-state index contributed by atoms with van der Waals surface area (Å²) in [4.78, 5) is 10.7. The van der Waals surface area contributed by atoms with E-state index >= 15 is 0 Å². The molecule has 11 heavy (non-hydrogen) atoms. The van der Waals surface area contributed by atoms with Gasteiger partial charge < -0.3 is 5.11 Å². The summed E-state index contributed by atoms with van der Waals surface area (Å²) >= 11 is 3.16. The van der Waals surface area contributed by atoms with Gasteiger partial charge in [-0.3, -0.25) is 4.79 Å². The first kappa shape index (κ1) is 8.53. The average Bonchev–Trinajstić information content (AvgIpc) is 1.95. The molecule has 0 saturated carbocycles. The van der Waals surface area contributed by atoms with E-state index in [4.69, 9.17) is 5.11 Å². The molecule has 0 spiro atoms. The maximum Gasteiger partial charge on any atom is 0.324 e. The largest absolute Gasteiger partial charge is 0.480 e. The molecule has 1 rings (SSSR count). The van der Waals surface area contributed by atoms with Crippen LogP contribution in [0.3, 0.4) is 0 Å². The molecule has 1 aliphatic rings. The predicted octanol–water partition coefficient (Wildman–Crippen LogP) is 2.11. The van der Waals surface area contributed by atoms with Gasteiger partial charge in [-0.1, -0.05) is 39.7 Å². The van der Waals surface area contributed by atoms with Crippen LogP contribution >= 0.6 is 15.9 Å². The molecule has 0 aliphatic heterocycles. The number of rotatable bonds is 1. The minimum absolute atomic E-state index is 0.519. The Kier molecular flexibility index (Phi) is 2.18. The van der Waals surface area contributed by atoms with Gasteiger partial charge in [-0.25, -0.2) is 0 Å². The van der Waals surface area contributed by atoms with Crippen molar-refractivity contribution in [3.8, 4) is 0 Å². The Balaban J connectivity index is 2.82. The molecule has 0 radical (unpaired) electrons. The van der Waals surface area contributed by atoms with Crippen LogP contribution in [0.1, 0.15) is 13.3 Å². The SMILES string of the molecule is CC1=CCC(Br)(C(=O)O)C=C1. The summed E-state index contributed by atoms with van der Waals surface area (Å²) in [6.07, 6.45) is 5.91. The molecule has 2 nitrogen and oxygen atoms in total. The third-order valence-electron chi connectivity index (χ3n) is 1.69. The molecule has 0 amide bonds. The topological polar surface area (TPSA) is 37.3 Å². The lowest BCUT2D eigenvalue weighted by molar-refractivity contribution is -0.138. The Morgan fingerprint density at radius 1 is 1.82 bits per heavy atom. The number of hydrogen-bond acceptors (Lipinski definition) is 1. The van der Waals surface area contributed by atoms with E-state index in [2.05, 4.69) is 15.9 Å². The number of carboxylic acid groups (broad SMARTS) is 1. The van der Waals surface area contributed by atoms with E-state index in [1.165, 1.54) is 0 Å². The van der Waals surface area contributed by atoms with Crippen LogP contribution in [0.15, 0.2) is 23.8 Å². The van der Waals surface area contributed by atoms with E-state index in [0.29, 0.717) is 6.42 Å². The van der Waals surface area contributed by atoms with Crippen molar-refractivity contribution in [2.75, 3.05) is 0 Å². The van der Waals surface area contributed by atoms with E-state index in [1.54, 1.807) is 6.08 Å². The zero-order chi connectivity index (χ0) is 8.48. The van der Waals surface area contributed by atoms with Gasteiger partial charge in [0.1, 0.15) is 4.32 Å². The quantitative estimate of drug-likeness (QED) is 0.683. The molecule has 0 aromatic carbocycles. The Labute approximate surface area is 73.7 Å². The first-order chi connectivity index (χ1) is 5.04. The van der Waals surface area contributed by atoms with Gasteiger partial charge in [-0.05, 0) is 13.3 Å². The van der Waals surface area contributed by atoms with Crippen LogP contribution < -0.4 is 0 Å². The van der Waals surface area contributed by atoms with Crippen molar-refractivity contribution < 1.29 is 9.90 Å². The Hall–Kier alpha value is -0.570. The number of alkyl halides is 1. The number of aliphatic carboxylic acids is 1. The second-order valence-corrected chi connectivity index (χ2v) is 4.07. The first-order valence-corrected chi connectivity index (χ1v) is 4.12. The molecule has 0 aromatic rings. The van der Waals surface area contributed by atoms with Crippen LogP contribution in [0.5, 0.6) is 0 Å². The lowest BCUT2D eigenvalue weighted by Crippen LogP contribution is -2.29. The molecule has 0 fully saturated rings. The van der Waals surface area contributed by atoms with Crippen LogP contribution in [0.25, 0.3) is 0 Å². The van der Waals surface area contributed by atoms with Gasteiger partial charge in [0.2, 0.25) is 0 Å². The highest BCUT2D eigenvalue weighted by Crippen LogP contribution is 2.29. The third-order valence-corrected chi connectivity index (χ3v) is 2.61. The summed E-state index contributed by atoms with van der Waals surface area (Å²) in [5.74, 6) is -0.836. The van der Waals surface area contributed by atoms with Crippen molar-refractivity contribution >= 4 is 21.9 Å². The maximum absolute atomic E-state index is 10.7. The van der Waals surface area contributed by atoms with Gasteiger partial charge in [0.15, 0.2) is 0 Å². The van der Waals surface area contributed by atoms with Crippen molar-refractivity contribution in [2.24, 2.45) is 0 Å². The van der Waals surface area contributed by atoms with Crippen LogP contribution in [-0.2, 0) is 4.79 Å². The van der Waals surface area contributed by atoms with Crippen molar-refractivity contribution in [3.63, 3.8) is 0 Å². The molecule has 0 bridgehead atoms. The Bertz CT molecular complexity index is 242. The molecule has 0 heterocycles. The summed E-state index contributed by atoms with van der Waals surface area (Å²) < 4.78 is -0.869. The summed E-state index contributed by atoms with van der Waals surface area (Å²) in [5, 5.41) is 8.76. The second-order valence-electron chi connectivity index (χ2n) is 2.65. The van der Waals surface area contributed by atoms with E-state index in [0.717, 1.165) is 5.57 Å². The molecule has 1 unspecified atom stereocenters. The third kappa shape index (κ3) is 1.71.